The molecule has 1 aromatic heterocycles. The Morgan fingerprint density at radius 3 is 2.50 bits per heavy atom. The maximum absolute atomic E-state index is 13.7. The molecule has 7 heteroatoms. The third-order valence-electron chi connectivity index (χ3n) is 4.55. The number of fused-ring (bicyclic) bond motifs is 1. The summed E-state index contributed by atoms with van der Waals surface area (Å²) in [5.41, 5.74) is 0.920. The van der Waals surface area contributed by atoms with Crippen LogP contribution >= 0.6 is 0 Å². The van der Waals surface area contributed by atoms with Crippen LogP contribution in [0.25, 0.3) is 11.0 Å². The fourth-order valence-electron chi connectivity index (χ4n) is 2.99. The van der Waals surface area contributed by atoms with Crippen LogP contribution in [0.4, 0.5) is 4.39 Å². The van der Waals surface area contributed by atoms with E-state index in [-0.39, 0.29) is 35.4 Å². The minimum atomic E-state index is -0.517. The molecular weight excluding hydrogens is 311 g/mol. The van der Waals surface area contributed by atoms with Gasteiger partial charge in [-0.3, -0.25) is 19.6 Å². The largest absolute Gasteiger partial charge is 0.353 e. The molecule has 124 valence electrons. The highest BCUT2D eigenvalue weighted by molar-refractivity contribution is 6.04. The molecule has 0 bridgehead atoms. The van der Waals surface area contributed by atoms with Crippen molar-refractivity contribution in [3.8, 4) is 0 Å². The lowest BCUT2D eigenvalue weighted by Crippen LogP contribution is -2.54. The van der Waals surface area contributed by atoms with Crippen LogP contribution in [0.5, 0.6) is 0 Å². The third-order valence-corrected chi connectivity index (χ3v) is 4.55. The second-order valence-electron chi connectivity index (χ2n) is 6.50. The van der Waals surface area contributed by atoms with Gasteiger partial charge in [0, 0.05) is 36.5 Å². The Morgan fingerprint density at radius 2 is 1.75 bits per heavy atom. The van der Waals surface area contributed by atoms with Crippen molar-refractivity contribution in [3.63, 3.8) is 0 Å². The van der Waals surface area contributed by atoms with Gasteiger partial charge in [-0.1, -0.05) is 0 Å². The lowest BCUT2D eigenvalue weighted by molar-refractivity contribution is -0.123. The summed E-state index contributed by atoms with van der Waals surface area (Å²) in [6.07, 6.45) is 6.29. The normalized spacial score (nSPS) is 22.7. The predicted molar refractivity (Wildman–Crippen MR) is 84.6 cm³/mol. The molecule has 0 unspecified atom stereocenters. The fraction of sp³-hybridized carbons (Fsp3) is 0.412. The maximum atomic E-state index is 13.7. The zero-order chi connectivity index (χ0) is 16.7. The second kappa shape index (κ2) is 5.81. The van der Waals surface area contributed by atoms with Crippen LogP contribution in [0.15, 0.2) is 24.5 Å². The van der Waals surface area contributed by atoms with Crippen molar-refractivity contribution >= 4 is 22.8 Å². The number of benzene rings is 1. The number of nitrogens with one attached hydrogen (secondary N) is 2. The Hall–Kier alpha value is -2.57. The van der Waals surface area contributed by atoms with E-state index in [0.29, 0.717) is 23.9 Å². The van der Waals surface area contributed by atoms with Crippen LogP contribution in [0.3, 0.4) is 0 Å². The van der Waals surface area contributed by atoms with Gasteiger partial charge in [-0.25, -0.2) is 4.39 Å². The quantitative estimate of drug-likeness (QED) is 0.892. The minimum Gasteiger partial charge on any atom is -0.353 e. The van der Waals surface area contributed by atoms with Crippen molar-refractivity contribution in [1.29, 1.82) is 0 Å². The summed E-state index contributed by atoms with van der Waals surface area (Å²) in [5.74, 6) is -0.569. The molecule has 0 radical (unpaired) electrons. The highest BCUT2D eigenvalue weighted by atomic mass is 19.1. The number of rotatable bonds is 4. The summed E-state index contributed by atoms with van der Waals surface area (Å²) in [6, 6.07) is 2.54. The molecule has 0 saturated heterocycles. The topological polar surface area (TPSA) is 84.0 Å². The molecule has 2 fully saturated rings. The Bertz CT molecular complexity index is 815. The van der Waals surface area contributed by atoms with Gasteiger partial charge in [0.15, 0.2) is 0 Å². The number of hydrogen-bond acceptors (Lipinski definition) is 4. The van der Waals surface area contributed by atoms with E-state index in [4.69, 9.17) is 0 Å². The van der Waals surface area contributed by atoms with Gasteiger partial charge in [0.2, 0.25) is 5.91 Å². The maximum Gasteiger partial charge on any atom is 0.253 e. The van der Waals surface area contributed by atoms with E-state index in [0.717, 1.165) is 12.8 Å². The summed E-state index contributed by atoms with van der Waals surface area (Å²) in [4.78, 5) is 32.3. The van der Waals surface area contributed by atoms with Crippen LogP contribution in [0.1, 0.15) is 36.0 Å². The van der Waals surface area contributed by atoms with Gasteiger partial charge in [0.05, 0.1) is 11.1 Å². The fourth-order valence-corrected chi connectivity index (χ4v) is 2.99. The van der Waals surface area contributed by atoms with E-state index in [2.05, 4.69) is 20.6 Å². The predicted octanol–water partition coefficient (Wildman–Crippen LogP) is 1.56. The number of carbonyl (C=O) groups is 2. The van der Waals surface area contributed by atoms with Gasteiger partial charge in [-0.15, -0.1) is 0 Å². The highest BCUT2D eigenvalue weighted by Gasteiger charge is 2.36. The van der Waals surface area contributed by atoms with Crippen molar-refractivity contribution in [2.24, 2.45) is 5.92 Å². The van der Waals surface area contributed by atoms with Gasteiger partial charge >= 0.3 is 0 Å². The number of aromatic nitrogens is 2. The van der Waals surface area contributed by atoms with Gasteiger partial charge in [0.1, 0.15) is 11.3 Å². The van der Waals surface area contributed by atoms with Crippen LogP contribution in [-0.2, 0) is 4.79 Å². The summed E-state index contributed by atoms with van der Waals surface area (Å²) < 4.78 is 13.7. The first-order valence-corrected chi connectivity index (χ1v) is 8.11. The summed E-state index contributed by atoms with van der Waals surface area (Å²) >= 11 is 0. The van der Waals surface area contributed by atoms with Crippen LogP contribution < -0.4 is 10.6 Å². The summed E-state index contributed by atoms with van der Waals surface area (Å²) in [5, 5.41) is 5.86. The standard InChI is InChI=1S/C17H17FN4O2/c18-10-5-13(15-14(6-10)19-3-4-20-15)17(24)22-12-7-11(8-12)21-16(23)9-1-2-9/h3-6,9,11-12H,1-2,7-8H2,(H,21,23)(H,22,24). The van der Waals surface area contributed by atoms with Gasteiger partial charge in [-0.2, -0.15) is 0 Å². The minimum absolute atomic E-state index is 0.0167. The Morgan fingerprint density at radius 1 is 1.04 bits per heavy atom. The number of amides is 2. The van der Waals surface area contributed by atoms with Crippen molar-refractivity contribution in [2.45, 2.75) is 37.8 Å². The highest BCUT2D eigenvalue weighted by Crippen LogP contribution is 2.30. The smallest absolute Gasteiger partial charge is 0.253 e. The monoisotopic (exact) mass is 328 g/mol. The molecule has 0 spiro atoms. The van der Waals surface area contributed by atoms with Gasteiger partial charge < -0.3 is 10.6 Å². The van der Waals surface area contributed by atoms with E-state index in [9.17, 15) is 14.0 Å². The van der Waals surface area contributed by atoms with Crippen LogP contribution in [-0.4, -0.2) is 33.9 Å². The van der Waals surface area contributed by atoms with E-state index in [1.54, 1.807) is 0 Å². The average molecular weight is 328 g/mol. The number of hydrogen-bond donors (Lipinski definition) is 2. The van der Waals surface area contributed by atoms with E-state index >= 15 is 0 Å². The molecule has 1 aromatic carbocycles. The molecule has 4 rings (SSSR count). The molecule has 2 aliphatic carbocycles. The van der Waals surface area contributed by atoms with E-state index in [1.807, 2.05) is 0 Å². The van der Waals surface area contributed by atoms with E-state index in [1.165, 1.54) is 24.5 Å². The molecule has 0 atom stereocenters. The zero-order valence-corrected chi connectivity index (χ0v) is 13.0. The third kappa shape index (κ3) is 2.93. The summed E-state index contributed by atoms with van der Waals surface area (Å²) in [7, 11) is 0. The first kappa shape index (κ1) is 15.0. The average Bonchev–Trinajstić information content (AvgIpc) is 3.36. The first-order chi connectivity index (χ1) is 11.6. The Balaban J connectivity index is 1.40. The second-order valence-corrected chi connectivity index (χ2v) is 6.50. The SMILES string of the molecule is O=C(NC1CC(NC(=O)C2CC2)C1)c1cc(F)cc2nccnc12. The molecule has 2 aromatic rings. The number of nitrogens with zero attached hydrogens (tertiary/aromatic N) is 2. The van der Waals surface area contributed by atoms with Crippen LogP contribution in [0, 0.1) is 11.7 Å². The van der Waals surface area contributed by atoms with Crippen LogP contribution in [0.2, 0.25) is 0 Å². The Kier molecular flexibility index (Phi) is 3.63. The zero-order valence-electron chi connectivity index (χ0n) is 13.0. The van der Waals surface area contributed by atoms with Gasteiger partial charge in [-0.05, 0) is 31.7 Å². The molecule has 6 nitrogen and oxygen atoms in total. The van der Waals surface area contributed by atoms with E-state index < -0.39 is 5.82 Å². The van der Waals surface area contributed by atoms with Crippen molar-refractivity contribution in [3.05, 3.63) is 35.9 Å². The molecule has 0 aliphatic heterocycles. The molecule has 2 aliphatic rings. The lowest BCUT2D eigenvalue weighted by atomic mass is 9.86. The molecular formula is C17H17FN4O2. The van der Waals surface area contributed by atoms with Crippen molar-refractivity contribution < 1.29 is 14.0 Å². The van der Waals surface area contributed by atoms with Crippen molar-refractivity contribution in [1.82, 2.24) is 20.6 Å². The summed E-state index contributed by atoms with van der Waals surface area (Å²) in [6.45, 7) is 0. The molecule has 24 heavy (non-hydrogen) atoms. The molecule has 2 amide bonds. The van der Waals surface area contributed by atoms with Gasteiger partial charge in [0.25, 0.3) is 5.91 Å². The lowest BCUT2D eigenvalue weighted by Gasteiger charge is -2.36. The molecule has 2 N–H and O–H groups in total. The number of carbonyl (C=O) groups excluding carboxylic acids is 2. The first-order valence-electron chi connectivity index (χ1n) is 8.11. The Labute approximate surface area is 137 Å². The molecule has 2 saturated carbocycles. The number of halogens is 1. The molecule has 1 heterocycles. The van der Waals surface area contributed by atoms with Crippen molar-refractivity contribution in [2.75, 3.05) is 0 Å².